The number of aryl methyl sites for hydroxylation is 1. The molecule has 2 aromatic heterocycles. The summed E-state index contributed by atoms with van der Waals surface area (Å²) in [6.45, 7) is 1.72. The lowest BCUT2D eigenvalue weighted by atomic mass is 10.1. The van der Waals surface area contributed by atoms with Gasteiger partial charge < -0.3 is 4.74 Å². The Bertz CT molecular complexity index is 784. The predicted molar refractivity (Wildman–Crippen MR) is 75.5 cm³/mol. The number of nitrogens with zero attached hydrogens (tertiary/aromatic N) is 3. The predicted octanol–water partition coefficient (Wildman–Crippen LogP) is -1.45. The second-order valence-corrected chi connectivity index (χ2v) is 6.74. The number of fused-ring (bicyclic) bond motifs is 1. The summed E-state index contributed by atoms with van der Waals surface area (Å²) >= 11 is 0. The fourth-order valence-corrected chi connectivity index (χ4v) is 3.14. The zero-order valence-corrected chi connectivity index (χ0v) is 12.4. The van der Waals surface area contributed by atoms with Gasteiger partial charge in [-0.25, -0.2) is 17.9 Å². The summed E-state index contributed by atoms with van der Waals surface area (Å²) in [4.78, 5) is 16.0. The Morgan fingerprint density at radius 3 is 2.70 bits per heavy atom. The summed E-state index contributed by atoms with van der Waals surface area (Å²) < 4.78 is 30.0. The van der Waals surface area contributed by atoms with Gasteiger partial charge in [0.25, 0.3) is 0 Å². The molecule has 2 heterocycles. The molecular formula is C11H14BN3O4S. The smallest absolute Gasteiger partial charge is 0.328 e. The van der Waals surface area contributed by atoms with Gasteiger partial charge in [0.1, 0.15) is 0 Å². The topological polar surface area (TPSA) is 90.6 Å². The van der Waals surface area contributed by atoms with Gasteiger partial charge in [0, 0.05) is 23.6 Å². The van der Waals surface area contributed by atoms with Crippen molar-refractivity contribution < 1.29 is 17.9 Å². The van der Waals surface area contributed by atoms with E-state index in [0.717, 1.165) is 19.0 Å². The lowest BCUT2D eigenvalue weighted by Crippen LogP contribution is -2.24. The van der Waals surface area contributed by atoms with E-state index in [9.17, 15) is 13.2 Å². The van der Waals surface area contributed by atoms with E-state index in [0.29, 0.717) is 11.3 Å². The molecule has 0 saturated heterocycles. The van der Waals surface area contributed by atoms with Gasteiger partial charge in [-0.15, -0.1) is 0 Å². The molecule has 2 rings (SSSR count). The maximum absolute atomic E-state index is 11.9. The van der Waals surface area contributed by atoms with Crippen molar-refractivity contribution in [1.29, 1.82) is 0 Å². The molecule has 0 saturated carbocycles. The van der Waals surface area contributed by atoms with Gasteiger partial charge in [-0.05, 0) is 13.0 Å². The van der Waals surface area contributed by atoms with Crippen molar-refractivity contribution in [2.45, 2.75) is 12.2 Å². The summed E-state index contributed by atoms with van der Waals surface area (Å²) in [5.41, 5.74) is 1.96. The number of sulfone groups is 1. The minimum atomic E-state index is -3.68. The van der Waals surface area contributed by atoms with Crippen LogP contribution in [0.15, 0.2) is 12.3 Å². The number of carbonyl (C=O) groups is 1. The number of ether oxygens (including phenoxy) is 1. The van der Waals surface area contributed by atoms with Crippen molar-refractivity contribution >= 4 is 34.9 Å². The molecule has 0 aromatic carbocycles. The number of imidazole rings is 1. The Morgan fingerprint density at radius 2 is 2.15 bits per heavy atom. The first-order valence-corrected chi connectivity index (χ1v) is 7.79. The van der Waals surface area contributed by atoms with E-state index in [4.69, 9.17) is 0 Å². The quantitative estimate of drug-likeness (QED) is 0.508. The minimum Gasteiger partial charge on any atom is -0.468 e. The summed E-state index contributed by atoms with van der Waals surface area (Å²) in [7, 11) is -0.733. The Balaban J connectivity index is 2.81. The molecule has 0 spiro atoms. The highest BCUT2D eigenvalue weighted by Gasteiger charge is 2.34. The molecule has 0 bridgehead atoms. The normalized spacial score (nSPS) is 13.3. The molecule has 0 N–H and O–H groups in total. The fourth-order valence-electron chi connectivity index (χ4n) is 2.06. The van der Waals surface area contributed by atoms with Crippen molar-refractivity contribution in [3.63, 3.8) is 0 Å². The highest BCUT2D eigenvalue weighted by molar-refractivity contribution is 7.91. The van der Waals surface area contributed by atoms with Crippen molar-refractivity contribution in [3.05, 3.63) is 23.5 Å². The van der Waals surface area contributed by atoms with E-state index in [1.54, 1.807) is 27.0 Å². The zero-order chi connectivity index (χ0) is 15.1. The zero-order valence-electron chi connectivity index (χ0n) is 11.6. The maximum atomic E-state index is 11.9. The van der Waals surface area contributed by atoms with Gasteiger partial charge in [0.2, 0.25) is 0 Å². The number of hydrogen-bond donors (Lipinski definition) is 0. The Kier molecular flexibility index (Phi) is 3.55. The van der Waals surface area contributed by atoms with Crippen LogP contribution in [0.2, 0.25) is 0 Å². The number of rotatable bonds is 3. The summed E-state index contributed by atoms with van der Waals surface area (Å²) in [6, 6.07) is 1.55. The molecule has 2 aromatic rings. The van der Waals surface area contributed by atoms with Crippen LogP contribution < -0.4 is 5.59 Å². The molecule has 0 aliphatic carbocycles. The first-order valence-electron chi connectivity index (χ1n) is 5.84. The lowest BCUT2D eigenvalue weighted by molar-refractivity contribution is -0.140. The van der Waals surface area contributed by atoms with Crippen LogP contribution in [0.5, 0.6) is 0 Å². The van der Waals surface area contributed by atoms with Gasteiger partial charge in [-0.2, -0.15) is 5.10 Å². The van der Waals surface area contributed by atoms with Crippen LogP contribution in [0.4, 0.5) is 0 Å². The van der Waals surface area contributed by atoms with Crippen LogP contribution in [0.25, 0.3) is 5.65 Å². The summed E-state index contributed by atoms with van der Waals surface area (Å²) in [6.07, 6.45) is 2.57. The molecule has 9 heteroatoms. The third-order valence-electron chi connectivity index (χ3n) is 2.91. The standard InChI is InChI=1S/C11H14BN3O4S/c1-6-4-7(9(11(16)19-2)20(3,17)18)10-13-5-8(12)15(10)14-6/h4-5,9H,12H2,1-3H3. The Morgan fingerprint density at radius 1 is 1.50 bits per heavy atom. The van der Waals surface area contributed by atoms with Crippen LogP contribution in [0, 0.1) is 6.92 Å². The molecular weight excluding hydrogens is 281 g/mol. The second kappa shape index (κ2) is 4.90. The number of methoxy groups -OCH3 is 1. The molecule has 7 nitrogen and oxygen atoms in total. The Hall–Kier alpha value is -1.90. The van der Waals surface area contributed by atoms with Crippen LogP contribution in [0.3, 0.4) is 0 Å². The van der Waals surface area contributed by atoms with Gasteiger partial charge in [0.05, 0.1) is 12.8 Å². The van der Waals surface area contributed by atoms with E-state index in [2.05, 4.69) is 14.8 Å². The minimum absolute atomic E-state index is 0.278. The van der Waals surface area contributed by atoms with Gasteiger partial charge in [0.15, 0.2) is 28.6 Å². The molecule has 1 unspecified atom stereocenters. The van der Waals surface area contributed by atoms with E-state index < -0.39 is 21.1 Å². The van der Waals surface area contributed by atoms with Crippen molar-refractivity contribution in [1.82, 2.24) is 14.6 Å². The molecule has 0 fully saturated rings. The van der Waals surface area contributed by atoms with Gasteiger partial charge in [-0.1, -0.05) is 0 Å². The third kappa shape index (κ3) is 2.40. The number of aromatic nitrogens is 3. The lowest BCUT2D eigenvalue weighted by Gasteiger charge is -2.14. The highest BCUT2D eigenvalue weighted by Crippen LogP contribution is 2.26. The van der Waals surface area contributed by atoms with Crippen LogP contribution >= 0.6 is 0 Å². The van der Waals surface area contributed by atoms with Gasteiger partial charge in [-0.3, -0.25) is 4.79 Å². The van der Waals surface area contributed by atoms with Crippen molar-refractivity contribution in [3.8, 4) is 0 Å². The largest absolute Gasteiger partial charge is 0.468 e. The van der Waals surface area contributed by atoms with Crippen LogP contribution in [-0.2, 0) is 19.4 Å². The van der Waals surface area contributed by atoms with Crippen LogP contribution in [0.1, 0.15) is 16.5 Å². The molecule has 106 valence electrons. The Labute approximate surface area is 117 Å². The van der Waals surface area contributed by atoms with E-state index in [1.807, 2.05) is 0 Å². The molecule has 0 amide bonds. The van der Waals surface area contributed by atoms with E-state index in [1.165, 1.54) is 4.52 Å². The molecule has 20 heavy (non-hydrogen) atoms. The second-order valence-electron chi connectivity index (χ2n) is 4.61. The van der Waals surface area contributed by atoms with Crippen molar-refractivity contribution in [2.24, 2.45) is 0 Å². The summed E-state index contributed by atoms with van der Waals surface area (Å²) in [5, 5.41) is 2.85. The number of hydrogen-bond acceptors (Lipinski definition) is 6. The molecule has 0 aliphatic heterocycles. The molecule has 0 radical (unpaired) electrons. The highest BCUT2D eigenvalue weighted by atomic mass is 32.2. The average molecular weight is 295 g/mol. The first kappa shape index (κ1) is 14.5. The monoisotopic (exact) mass is 295 g/mol. The first-order chi connectivity index (χ1) is 9.25. The van der Waals surface area contributed by atoms with Gasteiger partial charge >= 0.3 is 5.97 Å². The van der Waals surface area contributed by atoms with E-state index >= 15 is 0 Å². The SMILES string of the molecule is Bc1cnc2c(C(C(=O)OC)S(C)(=O)=O)cc(C)nn12. The average Bonchev–Trinajstić information content (AvgIpc) is 2.69. The third-order valence-corrected chi connectivity index (χ3v) is 4.22. The molecule has 0 aliphatic rings. The molecule has 1 atom stereocenters. The fraction of sp³-hybridized carbons (Fsp3) is 0.364. The van der Waals surface area contributed by atoms with Crippen molar-refractivity contribution in [2.75, 3.05) is 13.4 Å². The summed E-state index contributed by atoms with van der Waals surface area (Å²) in [5.74, 6) is -0.833. The van der Waals surface area contributed by atoms with Crippen LogP contribution in [-0.4, -0.2) is 50.2 Å². The number of carbonyl (C=O) groups excluding carboxylic acids is 1. The maximum Gasteiger partial charge on any atom is 0.328 e. The number of esters is 1. The van der Waals surface area contributed by atoms with E-state index in [-0.39, 0.29) is 5.56 Å².